The first-order valence-corrected chi connectivity index (χ1v) is 6.87. The summed E-state index contributed by atoms with van der Waals surface area (Å²) >= 11 is 1.50. The zero-order chi connectivity index (χ0) is 13.5. The predicted molar refractivity (Wildman–Crippen MR) is 78.0 cm³/mol. The van der Waals surface area contributed by atoms with Gasteiger partial charge in [0.25, 0.3) is 0 Å². The second-order valence-corrected chi connectivity index (χ2v) is 4.91. The Morgan fingerprint density at radius 1 is 1.32 bits per heavy atom. The maximum atomic E-state index is 11.6. The molecule has 0 bridgehead atoms. The van der Waals surface area contributed by atoms with Crippen LogP contribution in [0.5, 0.6) is 5.75 Å². The van der Waals surface area contributed by atoms with Crippen molar-refractivity contribution in [2.45, 2.75) is 6.42 Å². The Morgan fingerprint density at radius 3 is 2.95 bits per heavy atom. The van der Waals surface area contributed by atoms with Crippen LogP contribution in [-0.4, -0.2) is 19.7 Å². The fraction of sp³-hybridized carbons (Fsp3) is 0.214. The summed E-state index contributed by atoms with van der Waals surface area (Å²) in [4.78, 5) is 11.6. The lowest BCUT2D eigenvalue weighted by Crippen LogP contribution is -2.30. The number of benzene rings is 1. The molecule has 0 atom stereocenters. The number of hydrogen-bond acceptors (Lipinski definition) is 3. The third kappa shape index (κ3) is 4.30. The molecule has 4 nitrogen and oxygen atoms in total. The van der Waals surface area contributed by atoms with Crippen LogP contribution in [0, 0.1) is 0 Å². The van der Waals surface area contributed by atoms with Crippen LogP contribution in [0.4, 0.5) is 9.80 Å². The molecule has 2 aromatic rings. The number of ether oxygens (including phenoxy) is 1. The van der Waals surface area contributed by atoms with Gasteiger partial charge in [0.1, 0.15) is 5.75 Å². The van der Waals surface area contributed by atoms with Crippen LogP contribution in [0.25, 0.3) is 0 Å². The van der Waals surface area contributed by atoms with Crippen molar-refractivity contribution >= 4 is 22.4 Å². The predicted octanol–water partition coefficient (Wildman–Crippen LogP) is 3.12. The van der Waals surface area contributed by atoms with Crippen LogP contribution < -0.4 is 15.4 Å². The van der Waals surface area contributed by atoms with Crippen molar-refractivity contribution in [1.82, 2.24) is 5.32 Å². The lowest BCUT2D eigenvalue weighted by atomic mass is 10.1. The molecule has 0 radical (unpaired) electrons. The number of methoxy groups -OCH3 is 1. The fourth-order valence-electron chi connectivity index (χ4n) is 1.65. The minimum Gasteiger partial charge on any atom is -0.497 e. The molecule has 2 N–H and O–H groups in total. The number of hydrogen-bond donors (Lipinski definition) is 2. The zero-order valence-electron chi connectivity index (χ0n) is 10.7. The normalized spacial score (nSPS) is 9.95. The van der Waals surface area contributed by atoms with Crippen molar-refractivity contribution in [3.63, 3.8) is 0 Å². The van der Waals surface area contributed by atoms with Crippen molar-refractivity contribution in [2.24, 2.45) is 0 Å². The standard InChI is InChI=1S/C14H16N2O2S/c1-18-12-5-2-4-11(10-12)7-8-15-14(17)16-13-6-3-9-19-13/h2-6,9-10H,7-8H2,1H3,(H2,15,16,17). The van der Waals surface area contributed by atoms with E-state index in [0.29, 0.717) is 6.54 Å². The Balaban J connectivity index is 1.75. The zero-order valence-corrected chi connectivity index (χ0v) is 11.5. The summed E-state index contributed by atoms with van der Waals surface area (Å²) in [6.45, 7) is 0.588. The molecule has 0 aliphatic carbocycles. The van der Waals surface area contributed by atoms with E-state index in [9.17, 15) is 4.79 Å². The smallest absolute Gasteiger partial charge is 0.319 e. The quantitative estimate of drug-likeness (QED) is 0.881. The molecule has 0 saturated carbocycles. The number of urea groups is 1. The molecule has 1 heterocycles. The number of anilines is 1. The SMILES string of the molecule is COc1cccc(CCNC(=O)Nc2cccs2)c1. The number of carbonyl (C=O) groups excluding carboxylic acids is 1. The second-order valence-electron chi connectivity index (χ2n) is 3.96. The van der Waals surface area contributed by atoms with Crippen LogP contribution in [-0.2, 0) is 6.42 Å². The Bertz CT molecular complexity index is 526. The Hall–Kier alpha value is -2.01. The van der Waals surface area contributed by atoms with Gasteiger partial charge in [-0.2, -0.15) is 0 Å². The number of amides is 2. The van der Waals surface area contributed by atoms with E-state index in [4.69, 9.17) is 4.74 Å². The largest absolute Gasteiger partial charge is 0.497 e. The summed E-state index contributed by atoms with van der Waals surface area (Å²) in [5.74, 6) is 0.834. The third-order valence-corrected chi connectivity index (χ3v) is 3.38. The molecule has 0 aliphatic rings. The lowest BCUT2D eigenvalue weighted by molar-refractivity contribution is 0.252. The Kier molecular flexibility index (Phi) is 4.80. The highest BCUT2D eigenvalue weighted by molar-refractivity contribution is 7.14. The molecule has 19 heavy (non-hydrogen) atoms. The van der Waals surface area contributed by atoms with Gasteiger partial charge in [0.15, 0.2) is 0 Å². The minimum atomic E-state index is -0.176. The van der Waals surface area contributed by atoms with Crippen LogP contribution >= 0.6 is 11.3 Å². The van der Waals surface area contributed by atoms with E-state index in [2.05, 4.69) is 10.6 Å². The molecule has 1 aromatic carbocycles. The number of nitrogens with one attached hydrogen (secondary N) is 2. The van der Waals surface area contributed by atoms with Gasteiger partial charge in [-0.15, -0.1) is 11.3 Å². The van der Waals surface area contributed by atoms with Gasteiger partial charge < -0.3 is 10.1 Å². The van der Waals surface area contributed by atoms with Gasteiger partial charge in [0, 0.05) is 6.54 Å². The summed E-state index contributed by atoms with van der Waals surface area (Å²) in [6.07, 6.45) is 0.773. The number of carbonyl (C=O) groups is 1. The molecule has 100 valence electrons. The van der Waals surface area contributed by atoms with Crippen molar-refractivity contribution in [1.29, 1.82) is 0 Å². The maximum Gasteiger partial charge on any atom is 0.319 e. The molecular formula is C14H16N2O2S. The molecule has 0 fully saturated rings. The first-order valence-electron chi connectivity index (χ1n) is 5.99. The van der Waals surface area contributed by atoms with Gasteiger partial charge in [-0.25, -0.2) is 4.79 Å². The topological polar surface area (TPSA) is 50.4 Å². The first-order chi connectivity index (χ1) is 9.28. The Morgan fingerprint density at radius 2 is 2.21 bits per heavy atom. The molecule has 0 spiro atoms. The summed E-state index contributed by atoms with van der Waals surface area (Å²) in [7, 11) is 1.64. The van der Waals surface area contributed by atoms with Crippen molar-refractivity contribution in [3.05, 3.63) is 47.3 Å². The highest BCUT2D eigenvalue weighted by Gasteiger charge is 2.02. The molecule has 1 aromatic heterocycles. The van der Waals surface area contributed by atoms with E-state index in [-0.39, 0.29) is 6.03 Å². The summed E-state index contributed by atoms with van der Waals surface area (Å²) < 4.78 is 5.15. The third-order valence-electron chi connectivity index (χ3n) is 2.59. The van der Waals surface area contributed by atoms with Crippen molar-refractivity contribution in [3.8, 4) is 5.75 Å². The monoisotopic (exact) mass is 276 g/mol. The summed E-state index contributed by atoms with van der Waals surface area (Å²) in [5.41, 5.74) is 1.13. The van der Waals surface area contributed by atoms with E-state index in [0.717, 1.165) is 22.7 Å². The van der Waals surface area contributed by atoms with Gasteiger partial charge in [0.05, 0.1) is 12.1 Å². The van der Waals surface area contributed by atoms with Crippen LogP contribution in [0.1, 0.15) is 5.56 Å². The van der Waals surface area contributed by atoms with Crippen LogP contribution in [0.3, 0.4) is 0 Å². The summed E-state index contributed by atoms with van der Waals surface area (Å²) in [5, 5.41) is 8.37. The van der Waals surface area contributed by atoms with Crippen molar-refractivity contribution in [2.75, 3.05) is 19.0 Å². The molecule has 0 aliphatic heterocycles. The van der Waals surface area contributed by atoms with E-state index in [1.54, 1.807) is 7.11 Å². The van der Waals surface area contributed by atoms with Gasteiger partial charge in [-0.1, -0.05) is 12.1 Å². The molecular weight excluding hydrogens is 260 g/mol. The summed E-state index contributed by atoms with van der Waals surface area (Å²) in [6, 6.07) is 11.4. The maximum absolute atomic E-state index is 11.6. The highest BCUT2D eigenvalue weighted by Crippen LogP contribution is 2.14. The molecule has 5 heteroatoms. The van der Waals surface area contributed by atoms with E-state index < -0.39 is 0 Å². The second kappa shape index (κ2) is 6.80. The van der Waals surface area contributed by atoms with E-state index in [1.807, 2.05) is 41.8 Å². The number of rotatable bonds is 5. The van der Waals surface area contributed by atoms with E-state index >= 15 is 0 Å². The molecule has 2 rings (SSSR count). The van der Waals surface area contributed by atoms with Crippen LogP contribution in [0.2, 0.25) is 0 Å². The lowest BCUT2D eigenvalue weighted by Gasteiger charge is -2.07. The van der Waals surface area contributed by atoms with E-state index in [1.165, 1.54) is 11.3 Å². The highest BCUT2D eigenvalue weighted by atomic mass is 32.1. The van der Waals surface area contributed by atoms with Gasteiger partial charge in [-0.05, 0) is 41.6 Å². The van der Waals surface area contributed by atoms with Gasteiger partial charge in [0.2, 0.25) is 0 Å². The average molecular weight is 276 g/mol. The fourth-order valence-corrected chi connectivity index (χ4v) is 2.27. The number of thiophene rings is 1. The van der Waals surface area contributed by atoms with Gasteiger partial charge in [-0.3, -0.25) is 5.32 Å². The Labute approximate surface area is 116 Å². The van der Waals surface area contributed by atoms with Crippen LogP contribution in [0.15, 0.2) is 41.8 Å². The molecule has 0 saturated heterocycles. The molecule has 2 amide bonds. The van der Waals surface area contributed by atoms with Crippen molar-refractivity contribution < 1.29 is 9.53 Å². The molecule has 0 unspecified atom stereocenters. The first kappa shape index (κ1) is 13.4. The average Bonchev–Trinajstić information content (AvgIpc) is 2.92. The minimum absolute atomic E-state index is 0.176. The van der Waals surface area contributed by atoms with Gasteiger partial charge >= 0.3 is 6.03 Å².